The van der Waals surface area contributed by atoms with Crippen molar-refractivity contribution >= 4 is 15.6 Å². The molecule has 0 atom stereocenters. The Morgan fingerprint density at radius 2 is 1.89 bits per heavy atom. The lowest BCUT2D eigenvalue weighted by Gasteiger charge is -2.21. The van der Waals surface area contributed by atoms with Gasteiger partial charge >= 0.3 is 0 Å². The number of ether oxygens (including phenoxy) is 1. The summed E-state index contributed by atoms with van der Waals surface area (Å²) in [7, 11) is -1.91. The summed E-state index contributed by atoms with van der Waals surface area (Å²) in [5.41, 5.74) is 1.71. The van der Waals surface area contributed by atoms with E-state index in [-0.39, 0.29) is 12.2 Å². The third-order valence-corrected chi connectivity index (χ3v) is 5.47. The van der Waals surface area contributed by atoms with Gasteiger partial charge in [-0.1, -0.05) is 17.7 Å². The summed E-state index contributed by atoms with van der Waals surface area (Å²) in [6.07, 6.45) is 1.13. The summed E-state index contributed by atoms with van der Waals surface area (Å²) < 4.78 is 27.1. The quantitative estimate of drug-likeness (QED) is 0.829. The second kappa shape index (κ2) is 5.33. The monoisotopic (exact) mass is 284 g/mol. The van der Waals surface area contributed by atoms with Gasteiger partial charge in [-0.25, -0.2) is 8.42 Å². The Bertz CT molecular complexity index is 585. The lowest BCUT2D eigenvalue weighted by molar-refractivity contribution is -0.120. The molecular weight excluding hydrogens is 264 g/mol. The van der Waals surface area contributed by atoms with Crippen molar-refractivity contribution in [2.75, 3.05) is 13.4 Å². The van der Waals surface area contributed by atoms with Crippen molar-refractivity contribution < 1.29 is 17.9 Å². The van der Waals surface area contributed by atoms with Crippen LogP contribution in [0.1, 0.15) is 25.0 Å². The maximum absolute atomic E-state index is 12.2. The maximum Gasteiger partial charge on any atom is 0.159 e. The Morgan fingerprint density at radius 3 is 2.37 bits per heavy atom. The molecular formula is C14H20O4S. The third-order valence-electron chi connectivity index (χ3n) is 3.39. The average Bonchev–Trinajstić information content (AvgIpc) is 2.27. The minimum absolute atomic E-state index is 0.0466. The Labute approximate surface area is 114 Å². The van der Waals surface area contributed by atoms with Crippen LogP contribution in [0.2, 0.25) is 0 Å². The van der Waals surface area contributed by atoms with E-state index in [0.29, 0.717) is 11.3 Å². The van der Waals surface area contributed by atoms with Gasteiger partial charge in [0.1, 0.15) is 10.5 Å². The summed E-state index contributed by atoms with van der Waals surface area (Å²) in [5, 5.41) is 0. The highest BCUT2D eigenvalue weighted by Crippen LogP contribution is 2.24. The Morgan fingerprint density at radius 1 is 1.32 bits per heavy atom. The lowest BCUT2D eigenvalue weighted by Crippen LogP contribution is -2.41. The predicted octanol–water partition coefficient (Wildman–Crippen LogP) is 1.94. The summed E-state index contributed by atoms with van der Waals surface area (Å²) in [6, 6.07) is 5.51. The number of hydrogen-bond acceptors (Lipinski definition) is 4. The molecule has 0 saturated carbocycles. The normalized spacial score (nSPS) is 12.3. The molecule has 0 fully saturated rings. The highest BCUT2D eigenvalue weighted by molar-refractivity contribution is 7.92. The molecule has 0 N–H and O–H groups in total. The van der Waals surface area contributed by atoms with Gasteiger partial charge in [-0.15, -0.1) is 0 Å². The van der Waals surface area contributed by atoms with E-state index in [2.05, 4.69) is 0 Å². The zero-order valence-corrected chi connectivity index (χ0v) is 12.8. The molecule has 4 nitrogen and oxygen atoms in total. The first-order valence-corrected chi connectivity index (χ1v) is 7.85. The van der Waals surface area contributed by atoms with E-state index in [0.717, 1.165) is 11.8 Å². The molecule has 106 valence electrons. The van der Waals surface area contributed by atoms with Crippen LogP contribution in [0.5, 0.6) is 5.75 Å². The van der Waals surface area contributed by atoms with Gasteiger partial charge in [0.05, 0.1) is 7.11 Å². The zero-order chi connectivity index (χ0) is 14.8. The van der Waals surface area contributed by atoms with Gasteiger partial charge in [0.15, 0.2) is 15.6 Å². The van der Waals surface area contributed by atoms with E-state index in [1.54, 1.807) is 6.07 Å². The van der Waals surface area contributed by atoms with Crippen LogP contribution in [-0.4, -0.2) is 32.3 Å². The fraction of sp³-hybridized carbons (Fsp3) is 0.500. The predicted molar refractivity (Wildman–Crippen MR) is 75.4 cm³/mol. The fourth-order valence-corrected chi connectivity index (χ4v) is 2.12. The Kier molecular flexibility index (Phi) is 4.40. The van der Waals surface area contributed by atoms with Gasteiger partial charge < -0.3 is 4.74 Å². The van der Waals surface area contributed by atoms with Crippen LogP contribution in [0, 0.1) is 6.92 Å². The van der Waals surface area contributed by atoms with Crippen molar-refractivity contribution in [1.82, 2.24) is 0 Å². The number of benzene rings is 1. The van der Waals surface area contributed by atoms with Crippen LogP contribution in [0.15, 0.2) is 18.2 Å². The van der Waals surface area contributed by atoms with Crippen LogP contribution in [0.3, 0.4) is 0 Å². The molecule has 5 heteroatoms. The average molecular weight is 284 g/mol. The van der Waals surface area contributed by atoms with Crippen molar-refractivity contribution in [3.8, 4) is 5.75 Å². The minimum Gasteiger partial charge on any atom is -0.496 e. The van der Waals surface area contributed by atoms with Crippen LogP contribution in [0.4, 0.5) is 0 Å². The van der Waals surface area contributed by atoms with E-state index in [1.165, 1.54) is 21.0 Å². The molecule has 0 aliphatic heterocycles. The first-order valence-electron chi connectivity index (χ1n) is 5.96. The second-order valence-electron chi connectivity index (χ2n) is 5.20. The van der Waals surface area contributed by atoms with Crippen LogP contribution in [-0.2, 0) is 21.1 Å². The molecule has 0 aromatic heterocycles. The highest BCUT2D eigenvalue weighted by Gasteiger charge is 2.38. The van der Waals surface area contributed by atoms with Crippen molar-refractivity contribution in [3.63, 3.8) is 0 Å². The summed E-state index contributed by atoms with van der Waals surface area (Å²) in [5.74, 6) is 0.266. The molecule has 0 unspecified atom stereocenters. The number of Topliss-reactive ketones (excluding diaryl/α,β-unsaturated/α-hetero) is 1. The number of rotatable bonds is 5. The van der Waals surface area contributed by atoms with Crippen LogP contribution < -0.4 is 4.74 Å². The smallest absolute Gasteiger partial charge is 0.159 e. The summed E-state index contributed by atoms with van der Waals surface area (Å²) in [6.45, 7) is 4.79. The summed E-state index contributed by atoms with van der Waals surface area (Å²) >= 11 is 0. The topological polar surface area (TPSA) is 60.4 Å². The molecule has 1 rings (SSSR count). The zero-order valence-electron chi connectivity index (χ0n) is 12.0. The number of aryl methyl sites for hydroxylation is 1. The molecule has 0 bridgehead atoms. The SMILES string of the molecule is COc1ccc(C)cc1CC(=O)C(C)(C)S(C)(=O)=O. The van der Waals surface area contributed by atoms with Crippen LogP contribution >= 0.6 is 0 Å². The summed E-state index contributed by atoms with van der Waals surface area (Å²) in [4.78, 5) is 12.2. The van der Waals surface area contributed by atoms with Crippen molar-refractivity contribution in [2.45, 2.75) is 31.9 Å². The van der Waals surface area contributed by atoms with Crippen molar-refractivity contribution in [2.24, 2.45) is 0 Å². The van der Waals surface area contributed by atoms with E-state index >= 15 is 0 Å². The van der Waals surface area contributed by atoms with E-state index in [9.17, 15) is 13.2 Å². The Balaban J connectivity index is 3.10. The first kappa shape index (κ1) is 15.7. The van der Waals surface area contributed by atoms with E-state index < -0.39 is 14.6 Å². The number of sulfone groups is 1. The molecule has 1 aromatic carbocycles. The molecule has 0 spiro atoms. The number of hydrogen-bond donors (Lipinski definition) is 0. The molecule has 0 heterocycles. The van der Waals surface area contributed by atoms with Gasteiger partial charge in [-0.05, 0) is 26.8 Å². The Hall–Kier alpha value is -1.36. The molecule has 0 aliphatic rings. The second-order valence-corrected chi connectivity index (χ2v) is 7.76. The molecule has 0 amide bonds. The molecule has 0 saturated heterocycles. The lowest BCUT2D eigenvalue weighted by atomic mass is 9.98. The van der Waals surface area contributed by atoms with Gasteiger partial charge in [0, 0.05) is 18.2 Å². The number of carbonyl (C=O) groups excluding carboxylic acids is 1. The van der Waals surface area contributed by atoms with Crippen molar-refractivity contribution in [1.29, 1.82) is 0 Å². The van der Waals surface area contributed by atoms with E-state index in [1.807, 2.05) is 19.1 Å². The van der Waals surface area contributed by atoms with Gasteiger partial charge in [-0.2, -0.15) is 0 Å². The molecule has 1 aromatic rings. The highest BCUT2D eigenvalue weighted by atomic mass is 32.2. The first-order chi connectivity index (χ1) is 8.59. The maximum atomic E-state index is 12.2. The minimum atomic E-state index is -3.44. The fourth-order valence-electron chi connectivity index (χ4n) is 1.64. The van der Waals surface area contributed by atoms with Gasteiger partial charge in [0.2, 0.25) is 0 Å². The molecule has 0 aliphatic carbocycles. The number of methoxy groups -OCH3 is 1. The largest absolute Gasteiger partial charge is 0.496 e. The standard InChI is InChI=1S/C14H20O4S/c1-10-6-7-12(18-4)11(8-10)9-13(15)14(2,3)19(5,16)17/h6-8H,9H2,1-5H3. The van der Waals surface area contributed by atoms with Crippen molar-refractivity contribution in [3.05, 3.63) is 29.3 Å². The number of carbonyl (C=O) groups is 1. The van der Waals surface area contributed by atoms with E-state index in [4.69, 9.17) is 4.74 Å². The van der Waals surface area contributed by atoms with Gasteiger partial charge in [-0.3, -0.25) is 4.79 Å². The molecule has 19 heavy (non-hydrogen) atoms. The molecule has 0 radical (unpaired) electrons. The number of ketones is 1. The third kappa shape index (κ3) is 3.35. The van der Waals surface area contributed by atoms with Gasteiger partial charge in [0.25, 0.3) is 0 Å². The van der Waals surface area contributed by atoms with Crippen LogP contribution in [0.25, 0.3) is 0 Å².